The van der Waals surface area contributed by atoms with E-state index in [1.54, 1.807) is 0 Å². The Hall–Kier alpha value is -0.261. The summed E-state index contributed by atoms with van der Waals surface area (Å²) in [6, 6.07) is 10.4. The van der Waals surface area contributed by atoms with Gasteiger partial charge < -0.3 is 6.92 Å². The molecule has 0 unspecified atom stereocenters. The molecule has 1 atom stereocenters. The summed E-state index contributed by atoms with van der Waals surface area (Å²) in [5, 5.41) is 0. The largest absolute Gasteiger partial charge is 0.336 e. The van der Waals surface area contributed by atoms with Gasteiger partial charge in [0.2, 0.25) is 0 Å². The second-order valence-electron chi connectivity index (χ2n) is 2.52. The minimum atomic E-state index is 0. The minimum Gasteiger partial charge on any atom is -0.336 e. The van der Waals surface area contributed by atoms with Crippen molar-refractivity contribution in [3.63, 3.8) is 0 Å². The van der Waals surface area contributed by atoms with Crippen molar-refractivity contribution in [2.75, 3.05) is 0 Å². The standard InChI is InChI=1S/C10H13.Mn/c1-3-9(2)10-7-5-4-6-8-10;/h4-9H,2-3H2,1H3;/q-1;/t9-;/m1./s1. The van der Waals surface area contributed by atoms with Crippen LogP contribution in [0.2, 0.25) is 0 Å². The van der Waals surface area contributed by atoms with Crippen LogP contribution in [-0.4, -0.2) is 0 Å². The van der Waals surface area contributed by atoms with Gasteiger partial charge in [0.25, 0.3) is 0 Å². The number of hydrogen-bond donors (Lipinski definition) is 0. The molecular weight excluding hydrogens is 175 g/mol. The zero-order chi connectivity index (χ0) is 7.40. The third-order valence-electron chi connectivity index (χ3n) is 1.76. The Morgan fingerprint density at radius 1 is 1.27 bits per heavy atom. The summed E-state index contributed by atoms with van der Waals surface area (Å²) in [5.41, 5.74) is 1.34. The third kappa shape index (κ3) is 3.09. The second-order valence-corrected chi connectivity index (χ2v) is 2.52. The van der Waals surface area contributed by atoms with Gasteiger partial charge in [0, 0.05) is 17.1 Å². The molecule has 1 radical (unpaired) electrons. The predicted octanol–water partition coefficient (Wildman–Crippen LogP) is 3.01. The second kappa shape index (κ2) is 5.40. The van der Waals surface area contributed by atoms with Crippen LogP contribution in [-0.2, 0) is 17.1 Å². The topological polar surface area (TPSA) is 0 Å². The summed E-state index contributed by atoms with van der Waals surface area (Å²) < 4.78 is 0. The van der Waals surface area contributed by atoms with Crippen molar-refractivity contribution in [2.24, 2.45) is 0 Å². The molecule has 1 rings (SSSR count). The Morgan fingerprint density at radius 3 is 2.27 bits per heavy atom. The average molecular weight is 188 g/mol. The van der Waals surface area contributed by atoms with Crippen molar-refractivity contribution in [3.8, 4) is 0 Å². The Labute approximate surface area is 79.5 Å². The van der Waals surface area contributed by atoms with Crippen LogP contribution in [0.25, 0.3) is 0 Å². The van der Waals surface area contributed by atoms with E-state index in [0.717, 1.165) is 6.42 Å². The van der Waals surface area contributed by atoms with E-state index in [4.69, 9.17) is 0 Å². The molecule has 0 bridgehead atoms. The summed E-state index contributed by atoms with van der Waals surface area (Å²) in [5.74, 6) is 0.459. The first-order chi connectivity index (χ1) is 4.84. The van der Waals surface area contributed by atoms with Gasteiger partial charge >= 0.3 is 0 Å². The maximum absolute atomic E-state index is 4.03. The summed E-state index contributed by atoms with van der Waals surface area (Å²) in [7, 11) is 0. The van der Waals surface area contributed by atoms with E-state index < -0.39 is 0 Å². The van der Waals surface area contributed by atoms with Crippen LogP contribution >= 0.6 is 0 Å². The zero-order valence-electron chi connectivity index (χ0n) is 6.76. The van der Waals surface area contributed by atoms with Crippen LogP contribution < -0.4 is 0 Å². The maximum atomic E-state index is 4.03. The maximum Gasteiger partial charge on any atom is 0 e. The van der Waals surface area contributed by atoms with Crippen LogP contribution in [0.4, 0.5) is 0 Å². The van der Waals surface area contributed by atoms with E-state index in [2.05, 4.69) is 38.1 Å². The van der Waals surface area contributed by atoms with Crippen LogP contribution in [0.5, 0.6) is 0 Å². The molecule has 0 saturated carbocycles. The molecule has 0 spiro atoms. The van der Waals surface area contributed by atoms with Gasteiger partial charge in [-0.05, 0) is 0 Å². The van der Waals surface area contributed by atoms with Crippen LogP contribution in [0, 0.1) is 6.92 Å². The molecule has 0 N–H and O–H groups in total. The van der Waals surface area contributed by atoms with Gasteiger partial charge in [-0.1, -0.05) is 49.2 Å². The summed E-state index contributed by atoms with van der Waals surface area (Å²) >= 11 is 0. The zero-order valence-corrected chi connectivity index (χ0v) is 7.94. The molecular formula is C10H13Mn-. The molecule has 0 aliphatic heterocycles. The summed E-state index contributed by atoms with van der Waals surface area (Å²) in [6.07, 6.45) is 1.12. The Morgan fingerprint density at radius 2 is 1.82 bits per heavy atom. The first-order valence-corrected chi connectivity index (χ1v) is 3.72. The molecule has 1 heteroatoms. The van der Waals surface area contributed by atoms with Crippen molar-refractivity contribution in [1.29, 1.82) is 0 Å². The van der Waals surface area contributed by atoms with Crippen LogP contribution in [0.1, 0.15) is 24.8 Å². The molecule has 0 fully saturated rings. The van der Waals surface area contributed by atoms with E-state index >= 15 is 0 Å². The van der Waals surface area contributed by atoms with E-state index in [0.29, 0.717) is 5.92 Å². The smallest absolute Gasteiger partial charge is 0 e. The number of rotatable bonds is 2. The van der Waals surface area contributed by atoms with Crippen molar-refractivity contribution in [3.05, 3.63) is 42.8 Å². The van der Waals surface area contributed by atoms with E-state index in [-0.39, 0.29) is 17.1 Å². The molecule has 0 aliphatic rings. The molecule has 0 saturated heterocycles. The van der Waals surface area contributed by atoms with Crippen LogP contribution in [0.3, 0.4) is 0 Å². The number of benzene rings is 1. The first kappa shape index (κ1) is 10.7. The summed E-state index contributed by atoms with van der Waals surface area (Å²) in [4.78, 5) is 0. The van der Waals surface area contributed by atoms with Crippen LogP contribution in [0.15, 0.2) is 30.3 Å². The van der Waals surface area contributed by atoms with Gasteiger partial charge in [-0.3, -0.25) is 0 Å². The van der Waals surface area contributed by atoms with Gasteiger partial charge in [0.05, 0.1) is 0 Å². The van der Waals surface area contributed by atoms with E-state index in [1.165, 1.54) is 5.56 Å². The predicted molar refractivity (Wildman–Crippen MR) is 44.8 cm³/mol. The fourth-order valence-corrected chi connectivity index (χ4v) is 0.961. The number of hydrogen-bond acceptors (Lipinski definition) is 0. The Kier molecular flexibility index (Phi) is 5.27. The third-order valence-corrected chi connectivity index (χ3v) is 1.76. The molecule has 1 aromatic rings. The SMILES string of the molecule is [CH2-][C@H](CC)c1ccccc1.[Mn]. The van der Waals surface area contributed by atoms with E-state index in [9.17, 15) is 0 Å². The summed E-state index contributed by atoms with van der Waals surface area (Å²) in [6.45, 7) is 6.18. The Bertz CT molecular complexity index is 181. The fraction of sp³-hybridized carbons (Fsp3) is 0.300. The molecule has 1 aromatic carbocycles. The molecule has 11 heavy (non-hydrogen) atoms. The van der Waals surface area contributed by atoms with Crippen molar-refractivity contribution in [2.45, 2.75) is 19.3 Å². The van der Waals surface area contributed by atoms with Crippen molar-refractivity contribution >= 4 is 0 Å². The van der Waals surface area contributed by atoms with Crippen molar-refractivity contribution in [1.82, 2.24) is 0 Å². The van der Waals surface area contributed by atoms with Crippen molar-refractivity contribution < 1.29 is 17.1 Å². The van der Waals surface area contributed by atoms with Gasteiger partial charge in [-0.2, -0.15) is 0 Å². The molecule has 0 heterocycles. The molecule has 0 amide bonds. The quantitative estimate of drug-likeness (QED) is 0.494. The van der Waals surface area contributed by atoms with Gasteiger partial charge in [0.1, 0.15) is 0 Å². The fourth-order valence-electron chi connectivity index (χ4n) is 0.961. The molecule has 0 aromatic heterocycles. The average Bonchev–Trinajstić information content (AvgIpc) is 2.05. The molecule has 0 nitrogen and oxygen atoms in total. The van der Waals surface area contributed by atoms with Gasteiger partial charge in [-0.25, -0.2) is 0 Å². The Balaban J connectivity index is 0.000001000. The first-order valence-electron chi connectivity index (χ1n) is 3.72. The van der Waals surface area contributed by atoms with Gasteiger partial charge in [-0.15, -0.1) is 5.92 Å². The molecule has 0 aliphatic carbocycles. The molecule has 61 valence electrons. The normalized spacial score (nSPS) is 11.8. The monoisotopic (exact) mass is 188 g/mol. The van der Waals surface area contributed by atoms with Gasteiger partial charge in [0.15, 0.2) is 0 Å². The minimum absolute atomic E-state index is 0. The van der Waals surface area contributed by atoms with E-state index in [1.807, 2.05) is 6.07 Å².